The number of hydrogen-bond acceptors (Lipinski definition) is 3. The number of pyridine rings is 1. The average molecular weight is 267 g/mol. The molecule has 0 radical (unpaired) electrons. The van der Waals surface area contributed by atoms with Gasteiger partial charge in [0.2, 0.25) is 0 Å². The molecule has 0 aliphatic carbocycles. The summed E-state index contributed by atoms with van der Waals surface area (Å²) in [7, 11) is 0. The number of aromatic nitrogens is 1. The molecule has 0 unspecified atom stereocenters. The molecule has 18 heavy (non-hydrogen) atoms. The van der Waals surface area contributed by atoms with Crippen molar-refractivity contribution in [2.45, 2.75) is 13.2 Å². The van der Waals surface area contributed by atoms with E-state index in [1.54, 1.807) is 24.3 Å². The number of anilines is 1. The molecular weight excluding hydrogens is 255 g/mol. The van der Waals surface area contributed by atoms with Crippen molar-refractivity contribution >= 4 is 17.4 Å². The maximum Gasteiger partial charge on any atom is 0.126 e. The largest absolute Gasteiger partial charge is 0.390 e. The molecule has 1 heterocycles. The van der Waals surface area contributed by atoms with E-state index < -0.39 is 0 Å². The van der Waals surface area contributed by atoms with Crippen molar-refractivity contribution in [3.05, 3.63) is 58.5 Å². The van der Waals surface area contributed by atoms with Gasteiger partial charge in [-0.15, -0.1) is 0 Å². The van der Waals surface area contributed by atoms with Crippen LogP contribution in [0.4, 0.5) is 10.2 Å². The van der Waals surface area contributed by atoms with Crippen LogP contribution >= 0.6 is 11.6 Å². The lowest BCUT2D eigenvalue weighted by Crippen LogP contribution is -2.03. The van der Waals surface area contributed by atoms with E-state index >= 15 is 0 Å². The van der Waals surface area contributed by atoms with E-state index in [4.69, 9.17) is 16.7 Å². The fourth-order valence-electron chi connectivity index (χ4n) is 1.49. The van der Waals surface area contributed by atoms with Crippen LogP contribution in [0.2, 0.25) is 5.02 Å². The maximum absolute atomic E-state index is 12.7. The lowest BCUT2D eigenvalue weighted by Gasteiger charge is -2.08. The first kappa shape index (κ1) is 12.8. The first-order chi connectivity index (χ1) is 8.69. The van der Waals surface area contributed by atoms with E-state index in [0.29, 0.717) is 23.1 Å². The standard InChI is InChI=1S/C13H12ClFN2O/c14-11-5-6-13(17-12(11)8-18)16-7-9-1-3-10(15)4-2-9/h1-6,18H,7-8H2,(H,16,17). The maximum atomic E-state index is 12.7. The van der Waals surface area contributed by atoms with Gasteiger partial charge in [0.25, 0.3) is 0 Å². The fraction of sp³-hybridized carbons (Fsp3) is 0.154. The second-order valence-corrected chi connectivity index (χ2v) is 4.17. The molecule has 2 aromatic rings. The number of hydrogen-bond donors (Lipinski definition) is 2. The van der Waals surface area contributed by atoms with Crippen LogP contribution in [0.1, 0.15) is 11.3 Å². The summed E-state index contributed by atoms with van der Waals surface area (Å²) in [5.41, 5.74) is 1.37. The number of aliphatic hydroxyl groups excluding tert-OH is 1. The van der Waals surface area contributed by atoms with Gasteiger partial charge >= 0.3 is 0 Å². The van der Waals surface area contributed by atoms with Crippen LogP contribution < -0.4 is 5.32 Å². The molecule has 0 aliphatic heterocycles. The van der Waals surface area contributed by atoms with Crippen molar-refractivity contribution < 1.29 is 9.50 Å². The third kappa shape index (κ3) is 3.18. The summed E-state index contributed by atoms with van der Waals surface area (Å²) in [5, 5.41) is 12.6. The third-order valence-corrected chi connectivity index (χ3v) is 2.80. The zero-order chi connectivity index (χ0) is 13.0. The number of nitrogens with one attached hydrogen (secondary N) is 1. The first-order valence-corrected chi connectivity index (χ1v) is 5.81. The molecule has 0 amide bonds. The molecule has 0 fully saturated rings. The highest BCUT2D eigenvalue weighted by atomic mass is 35.5. The van der Waals surface area contributed by atoms with Gasteiger partial charge < -0.3 is 10.4 Å². The van der Waals surface area contributed by atoms with Crippen molar-refractivity contribution in [1.82, 2.24) is 4.98 Å². The molecule has 0 saturated carbocycles. The quantitative estimate of drug-likeness (QED) is 0.894. The zero-order valence-electron chi connectivity index (χ0n) is 9.53. The molecule has 94 valence electrons. The summed E-state index contributed by atoms with van der Waals surface area (Å²) in [6, 6.07) is 9.62. The minimum Gasteiger partial charge on any atom is -0.390 e. The molecule has 2 N–H and O–H groups in total. The molecule has 1 aromatic heterocycles. The van der Waals surface area contributed by atoms with E-state index in [1.807, 2.05) is 0 Å². The zero-order valence-corrected chi connectivity index (χ0v) is 10.3. The Morgan fingerprint density at radius 3 is 2.56 bits per heavy atom. The van der Waals surface area contributed by atoms with Gasteiger partial charge in [0.1, 0.15) is 11.6 Å². The molecule has 3 nitrogen and oxygen atoms in total. The Morgan fingerprint density at radius 2 is 1.89 bits per heavy atom. The van der Waals surface area contributed by atoms with Gasteiger partial charge in [-0.05, 0) is 29.8 Å². The van der Waals surface area contributed by atoms with Gasteiger partial charge in [0, 0.05) is 6.54 Å². The van der Waals surface area contributed by atoms with Crippen molar-refractivity contribution in [3.63, 3.8) is 0 Å². The number of aliphatic hydroxyl groups is 1. The highest BCUT2D eigenvalue weighted by molar-refractivity contribution is 6.31. The van der Waals surface area contributed by atoms with Crippen LogP contribution in [-0.2, 0) is 13.2 Å². The molecule has 0 aliphatic rings. The predicted octanol–water partition coefficient (Wildman–Crippen LogP) is 2.98. The Kier molecular flexibility index (Phi) is 4.12. The highest BCUT2D eigenvalue weighted by Gasteiger charge is 2.02. The molecule has 0 saturated heterocycles. The average Bonchev–Trinajstić information content (AvgIpc) is 2.39. The fourth-order valence-corrected chi connectivity index (χ4v) is 1.65. The number of benzene rings is 1. The van der Waals surface area contributed by atoms with Crippen LogP contribution in [0.5, 0.6) is 0 Å². The second kappa shape index (κ2) is 5.80. The van der Waals surface area contributed by atoms with Gasteiger partial charge in [0.05, 0.1) is 17.3 Å². The summed E-state index contributed by atoms with van der Waals surface area (Å²) in [4.78, 5) is 4.16. The van der Waals surface area contributed by atoms with Gasteiger partial charge in [-0.25, -0.2) is 9.37 Å². The van der Waals surface area contributed by atoms with E-state index in [0.717, 1.165) is 5.56 Å². The lowest BCUT2D eigenvalue weighted by atomic mass is 10.2. The van der Waals surface area contributed by atoms with Gasteiger partial charge in [0.15, 0.2) is 0 Å². The van der Waals surface area contributed by atoms with Crippen molar-refractivity contribution in [2.75, 3.05) is 5.32 Å². The van der Waals surface area contributed by atoms with Crippen LogP contribution in [0.15, 0.2) is 36.4 Å². The number of nitrogens with zero attached hydrogens (tertiary/aromatic N) is 1. The predicted molar refractivity (Wildman–Crippen MR) is 68.9 cm³/mol. The van der Waals surface area contributed by atoms with Crippen molar-refractivity contribution in [1.29, 1.82) is 0 Å². The first-order valence-electron chi connectivity index (χ1n) is 5.43. The molecule has 0 atom stereocenters. The minimum absolute atomic E-state index is 0.203. The lowest BCUT2D eigenvalue weighted by molar-refractivity contribution is 0.277. The van der Waals surface area contributed by atoms with Gasteiger partial charge in [-0.3, -0.25) is 0 Å². The second-order valence-electron chi connectivity index (χ2n) is 3.76. The Labute approximate surface area is 109 Å². The third-order valence-electron chi connectivity index (χ3n) is 2.46. The summed E-state index contributed by atoms with van der Waals surface area (Å²) in [5.74, 6) is 0.360. The van der Waals surface area contributed by atoms with E-state index in [1.165, 1.54) is 12.1 Å². The Bertz CT molecular complexity index is 531. The smallest absolute Gasteiger partial charge is 0.126 e. The van der Waals surface area contributed by atoms with E-state index in [-0.39, 0.29) is 12.4 Å². The number of rotatable bonds is 4. The SMILES string of the molecule is OCc1nc(NCc2ccc(F)cc2)ccc1Cl. The van der Waals surface area contributed by atoms with E-state index in [9.17, 15) is 4.39 Å². The van der Waals surface area contributed by atoms with Crippen molar-refractivity contribution in [2.24, 2.45) is 0 Å². The molecular formula is C13H12ClFN2O. The van der Waals surface area contributed by atoms with Gasteiger partial charge in [-0.2, -0.15) is 0 Å². The van der Waals surface area contributed by atoms with Crippen LogP contribution in [0.3, 0.4) is 0 Å². The molecule has 1 aromatic carbocycles. The van der Waals surface area contributed by atoms with Crippen LogP contribution in [0, 0.1) is 5.82 Å². The minimum atomic E-state index is -0.258. The van der Waals surface area contributed by atoms with Crippen LogP contribution in [-0.4, -0.2) is 10.1 Å². The molecule has 5 heteroatoms. The summed E-state index contributed by atoms with van der Waals surface area (Å²) < 4.78 is 12.7. The molecule has 0 spiro atoms. The summed E-state index contributed by atoms with van der Waals surface area (Å²) >= 11 is 5.84. The highest BCUT2D eigenvalue weighted by Crippen LogP contribution is 2.17. The number of halogens is 2. The molecule has 0 bridgehead atoms. The normalized spacial score (nSPS) is 10.4. The van der Waals surface area contributed by atoms with Crippen molar-refractivity contribution in [3.8, 4) is 0 Å². The summed E-state index contributed by atoms with van der Waals surface area (Å²) in [6.45, 7) is 0.324. The summed E-state index contributed by atoms with van der Waals surface area (Å²) in [6.07, 6.45) is 0. The van der Waals surface area contributed by atoms with Gasteiger partial charge in [-0.1, -0.05) is 23.7 Å². The Hall–Kier alpha value is -1.65. The Morgan fingerprint density at radius 1 is 1.17 bits per heavy atom. The monoisotopic (exact) mass is 266 g/mol. The van der Waals surface area contributed by atoms with E-state index in [2.05, 4.69) is 10.3 Å². The van der Waals surface area contributed by atoms with Crippen LogP contribution in [0.25, 0.3) is 0 Å². The topological polar surface area (TPSA) is 45.2 Å². The Balaban J connectivity index is 2.04. The molecule has 2 rings (SSSR count).